The molecular formula is C15H21N3. The Morgan fingerprint density at radius 1 is 1.22 bits per heavy atom. The van der Waals surface area contributed by atoms with Crippen LogP contribution >= 0.6 is 0 Å². The maximum atomic E-state index is 4.42. The molecule has 2 rings (SSSR count). The van der Waals surface area contributed by atoms with Gasteiger partial charge in [-0.05, 0) is 51.8 Å². The Morgan fingerprint density at radius 3 is 2.78 bits per heavy atom. The first-order valence-corrected chi connectivity index (χ1v) is 6.38. The van der Waals surface area contributed by atoms with Crippen LogP contribution in [0, 0.1) is 0 Å². The Balaban J connectivity index is 2.32. The SMILES string of the molecule is CNC(CCN(C)C)c1cccc2ncccc12. The maximum absolute atomic E-state index is 4.42. The fraction of sp³-hybridized carbons (Fsp3) is 0.400. The molecule has 3 heteroatoms. The van der Waals surface area contributed by atoms with Crippen molar-refractivity contribution in [2.75, 3.05) is 27.7 Å². The average Bonchev–Trinajstić information content (AvgIpc) is 2.39. The number of nitrogens with one attached hydrogen (secondary N) is 1. The number of nitrogens with zero attached hydrogens (tertiary/aromatic N) is 2. The Bertz CT molecular complexity index is 503. The molecule has 0 aliphatic rings. The highest BCUT2D eigenvalue weighted by Crippen LogP contribution is 2.24. The summed E-state index contributed by atoms with van der Waals surface area (Å²) in [4.78, 5) is 6.63. The highest BCUT2D eigenvalue weighted by atomic mass is 15.1. The number of fused-ring (bicyclic) bond motifs is 1. The van der Waals surface area contributed by atoms with Crippen molar-refractivity contribution in [3.63, 3.8) is 0 Å². The van der Waals surface area contributed by atoms with Gasteiger partial charge in [-0.25, -0.2) is 0 Å². The van der Waals surface area contributed by atoms with Crippen LogP contribution in [0.1, 0.15) is 18.0 Å². The molecule has 3 nitrogen and oxygen atoms in total. The standard InChI is InChI=1S/C15H21N3/c1-16-14(9-11-18(2)3)12-6-4-8-15-13(12)7-5-10-17-15/h4-8,10,14,16H,9,11H2,1-3H3. The lowest BCUT2D eigenvalue weighted by Gasteiger charge is -2.20. The quantitative estimate of drug-likeness (QED) is 0.874. The van der Waals surface area contributed by atoms with Gasteiger partial charge in [0.1, 0.15) is 0 Å². The van der Waals surface area contributed by atoms with E-state index in [9.17, 15) is 0 Å². The third kappa shape index (κ3) is 2.86. The van der Waals surface area contributed by atoms with E-state index in [0.29, 0.717) is 6.04 Å². The second-order valence-corrected chi connectivity index (χ2v) is 4.85. The number of hydrogen-bond donors (Lipinski definition) is 1. The maximum Gasteiger partial charge on any atom is 0.0705 e. The molecule has 0 radical (unpaired) electrons. The summed E-state index contributed by atoms with van der Waals surface area (Å²) in [6.07, 6.45) is 2.94. The van der Waals surface area contributed by atoms with Crippen molar-refractivity contribution in [2.45, 2.75) is 12.5 Å². The van der Waals surface area contributed by atoms with Crippen molar-refractivity contribution in [1.82, 2.24) is 15.2 Å². The van der Waals surface area contributed by atoms with E-state index in [1.807, 2.05) is 19.3 Å². The monoisotopic (exact) mass is 243 g/mol. The molecule has 1 heterocycles. The molecule has 96 valence electrons. The highest BCUT2D eigenvalue weighted by Gasteiger charge is 2.12. The fourth-order valence-corrected chi connectivity index (χ4v) is 2.27. The van der Waals surface area contributed by atoms with Gasteiger partial charge in [0.05, 0.1) is 5.52 Å². The van der Waals surface area contributed by atoms with Gasteiger partial charge in [-0.3, -0.25) is 4.98 Å². The van der Waals surface area contributed by atoms with Crippen molar-refractivity contribution in [1.29, 1.82) is 0 Å². The van der Waals surface area contributed by atoms with Crippen LogP contribution in [0.15, 0.2) is 36.5 Å². The minimum atomic E-state index is 0.375. The molecule has 1 N–H and O–H groups in total. The van der Waals surface area contributed by atoms with Gasteiger partial charge in [0.25, 0.3) is 0 Å². The lowest BCUT2D eigenvalue weighted by molar-refractivity contribution is 0.369. The summed E-state index contributed by atoms with van der Waals surface area (Å²) in [6, 6.07) is 10.9. The summed E-state index contributed by atoms with van der Waals surface area (Å²) < 4.78 is 0. The van der Waals surface area contributed by atoms with Gasteiger partial charge in [-0.2, -0.15) is 0 Å². The molecule has 1 atom stereocenters. The fourth-order valence-electron chi connectivity index (χ4n) is 2.27. The molecular weight excluding hydrogens is 222 g/mol. The van der Waals surface area contributed by atoms with Crippen molar-refractivity contribution >= 4 is 10.9 Å². The largest absolute Gasteiger partial charge is 0.313 e. The van der Waals surface area contributed by atoms with Crippen molar-refractivity contribution in [3.8, 4) is 0 Å². The van der Waals surface area contributed by atoms with Gasteiger partial charge in [0, 0.05) is 17.6 Å². The van der Waals surface area contributed by atoms with Gasteiger partial charge < -0.3 is 10.2 Å². The van der Waals surface area contributed by atoms with E-state index < -0.39 is 0 Å². The number of hydrogen-bond acceptors (Lipinski definition) is 3. The Hall–Kier alpha value is -1.45. The summed E-state index contributed by atoms with van der Waals surface area (Å²) in [6.45, 7) is 1.07. The van der Waals surface area contributed by atoms with Gasteiger partial charge in [0.2, 0.25) is 0 Å². The van der Waals surface area contributed by atoms with Crippen LogP contribution in [0.25, 0.3) is 10.9 Å². The Labute approximate surface area is 109 Å². The molecule has 0 aliphatic heterocycles. The minimum Gasteiger partial charge on any atom is -0.313 e. The predicted octanol–water partition coefficient (Wildman–Crippen LogP) is 2.45. The first-order valence-electron chi connectivity index (χ1n) is 6.38. The van der Waals surface area contributed by atoms with Gasteiger partial charge in [-0.15, -0.1) is 0 Å². The van der Waals surface area contributed by atoms with Crippen molar-refractivity contribution in [3.05, 3.63) is 42.1 Å². The molecule has 0 amide bonds. The number of rotatable bonds is 5. The minimum absolute atomic E-state index is 0.375. The summed E-state index contributed by atoms with van der Waals surface area (Å²) in [7, 11) is 6.24. The first kappa shape index (κ1) is 13.0. The van der Waals surface area contributed by atoms with Crippen LogP contribution < -0.4 is 5.32 Å². The van der Waals surface area contributed by atoms with E-state index in [1.165, 1.54) is 10.9 Å². The van der Waals surface area contributed by atoms with Crippen LogP contribution in [0.4, 0.5) is 0 Å². The highest BCUT2D eigenvalue weighted by molar-refractivity contribution is 5.82. The zero-order chi connectivity index (χ0) is 13.0. The molecule has 1 unspecified atom stereocenters. The molecule has 0 spiro atoms. The number of pyridine rings is 1. The lowest BCUT2D eigenvalue weighted by atomic mass is 9.99. The van der Waals surface area contributed by atoms with Crippen LogP contribution in [0.2, 0.25) is 0 Å². The molecule has 0 bridgehead atoms. The molecule has 18 heavy (non-hydrogen) atoms. The van der Waals surface area contributed by atoms with Crippen molar-refractivity contribution in [2.24, 2.45) is 0 Å². The van der Waals surface area contributed by atoms with Gasteiger partial charge in [-0.1, -0.05) is 18.2 Å². The third-order valence-corrected chi connectivity index (χ3v) is 3.27. The summed E-state index contributed by atoms with van der Waals surface area (Å²) in [5.74, 6) is 0. The molecule has 0 fully saturated rings. The zero-order valence-electron chi connectivity index (χ0n) is 11.4. The number of aromatic nitrogens is 1. The van der Waals surface area contributed by atoms with E-state index in [4.69, 9.17) is 0 Å². The van der Waals surface area contributed by atoms with Crippen LogP contribution in [0.5, 0.6) is 0 Å². The Kier molecular flexibility index (Phi) is 4.28. The molecule has 1 aromatic carbocycles. The van der Waals surface area contributed by atoms with E-state index in [1.54, 1.807) is 0 Å². The normalized spacial score (nSPS) is 13.1. The van der Waals surface area contributed by atoms with Crippen LogP contribution in [0.3, 0.4) is 0 Å². The summed E-state index contributed by atoms with van der Waals surface area (Å²) in [5.41, 5.74) is 2.41. The second-order valence-electron chi connectivity index (χ2n) is 4.85. The van der Waals surface area contributed by atoms with Crippen LogP contribution in [-0.4, -0.2) is 37.6 Å². The Morgan fingerprint density at radius 2 is 2.06 bits per heavy atom. The molecule has 0 saturated heterocycles. The smallest absolute Gasteiger partial charge is 0.0705 e. The third-order valence-electron chi connectivity index (χ3n) is 3.27. The molecule has 1 aromatic heterocycles. The van der Waals surface area contributed by atoms with Gasteiger partial charge in [0.15, 0.2) is 0 Å². The predicted molar refractivity (Wildman–Crippen MR) is 76.7 cm³/mol. The van der Waals surface area contributed by atoms with E-state index in [-0.39, 0.29) is 0 Å². The molecule has 0 saturated carbocycles. The van der Waals surface area contributed by atoms with Crippen LogP contribution in [-0.2, 0) is 0 Å². The van der Waals surface area contributed by atoms with Crippen molar-refractivity contribution < 1.29 is 0 Å². The summed E-state index contributed by atoms with van der Waals surface area (Å²) in [5, 5.41) is 4.66. The van der Waals surface area contributed by atoms with E-state index >= 15 is 0 Å². The zero-order valence-corrected chi connectivity index (χ0v) is 11.4. The topological polar surface area (TPSA) is 28.2 Å². The number of benzene rings is 1. The lowest BCUT2D eigenvalue weighted by Crippen LogP contribution is -2.23. The second kappa shape index (κ2) is 5.94. The summed E-state index contributed by atoms with van der Waals surface area (Å²) >= 11 is 0. The first-order chi connectivity index (χ1) is 8.72. The molecule has 2 aromatic rings. The molecule has 0 aliphatic carbocycles. The van der Waals surface area contributed by atoms with E-state index in [2.05, 4.69) is 53.6 Å². The van der Waals surface area contributed by atoms with Gasteiger partial charge >= 0.3 is 0 Å². The van der Waals surface area contributed by atoms with E-state index in [0.717, 1.165) is 18.5 Å². The average molecular weight is 243 g/mol.